The molecule has 3 aromatic heterocycles. The van der Waals surface area contributed by atoms with Gasteiger partial charge in [0.2, 0.25) is 0 Å². The molecule has 13 nitrogen and oxygen atoms in total. The van der Waals surface area contributed by atoms with Gasteiger partial charge < -0.3 is 15.2 Å². The first-order chi connectivity index (χ1) is 18.5. The molecule has 0 fully saturated rings. The summed E-state index contributed by atoms with van der Waals surface area (Å²) in [5.41, 5.74) is 2.37. The van der Waals surface area contributed by atoms with E-state index in [4.69, 9.17) is 21.1 Å². The number of carboxylic acids is 1. The van der Waals surface area contributed by atoms with Gasteiger partial charge in [0.15, 0.2) is 17.1 Å². The molecule has 1 unspecified atom stereocenters. The fourth-order valence-corrected chi connectivity index (χ4v) is 3.80. The van der Waals surface area contributed by atoms with Crippen LogP contribution in [0.5, 0.6) is 0 Å². The van der Waals surface area contributed by atoms with Crippen LogP contribution in [0.1, 0.15) is 49.3 Å². The van der Waals surface area contributed by atoms with Crippen molar-refractivity contribution in [2.45, 2.75) is 57.5 Å². The molecule has 210 valence electrons. The van der Waals surface area contributed by atoms with Crippen molar-refractivity contribution in [3.05, 3.63) is 29.3 Å². The van der Waals surface area contributed by atoms with Gasteiger partial charge in [-0.3, -0.25) is 4.68 Å². The second kappa shape index (κ2) is 12.7. The van der Waals surface area contributed by atoms with Crippen molar-refractivity contribution in [2.75, 3.05) is 19.8 Å². The third kappa shape index (κ3) is 7.77. The maximum atomic E-state index is 10.6. The number of aliphatic carboxylic acids is 1. The molecule has 1 aliphatic heterocycles. The normalized spacial score (nSPS) is 14.5. The number of aromatic nitrogens is 7. The molecular formula is C23H29F3N10O3. The number of nitrogens with one attached hydrogen (secondary N) is 1. The van der Waals surface area contributed by atoms with Gasteiger partial charge in [-0.05, 0) is 35.9 Å². The number of tetrazole rings is 1. The molecule has 0 aromatic carbocycles. The molecule has 4 rings (SSSR count). The van der Waals surface area contributed by atoms with Crippen LogP contribution in [-0.4, -0.2) is 77.6 Å². The van der Waals surface area contributed by atoms with Gasteiger partial charge in [-0.25, -0.2) is 14.5 Å². The molecule has 0 saturated heterocycles. The van der Waals surface area contributed by atoms with E-state index in [2.05, 4.69) is 53.1 Å². The lowest BCUT2D eigenvalue weighted by Crippen LogP contribution is -2.30. The first-order valence-electron chi connectivity index (χ1n) is 12.1. The number of pyridine rings is 1. The number of alkyl halides is 3. The molecule has 1 aliphatic rings. The summed E-state index contributed by atoms with van der Waals surface area (Å²) in [5, 5.41) is 37.1. The zero-order valence-corrected chi connectivity index (χ0v) is 21.7. The Labute approximate surface area is 221 Å². The Bertz CT molecular complexity index is 1340. The summed E-state index contributed by atoms with van der Waals surface area (Å²) in [5.74, 6) is 0.616. The molecule has 0 bridgehead atoms. The van der Waals surface area contributed by atoms with E-state index >= 15 is 0 Å². The fraction of sp³-hybridized carbons (Fsp3) is 0.565. The number of carbonyl (C=O) groups is 1. The summed E-state index contributed by atoms with van der Waals surface area (Å²) in [6.07, 6.45) is 4.36. The standard InChI is InChI=1S/C21H28N10O.C2HF3O2/c1-5-7-8-21(26-27-21)9-10-22-18(20-24-28-29-31(20)11-12-32-6-2)16-13-17-15(3)25-30(4)19(17)23-14-16;3-2(4,5)1(6)7/h1,13-14,18,22H,6-12H2,2-4H3;(H,6,7). The largest absolute Gasteiger partial charge is 0.490 e. The third-order valence-corrected chi connectivity index (χ3v) is 5.86. The number of rotatable bonds is 12. The maximum absolute atomic E-state index is 10.6. The highest BCUT2D eigenvalue weighted by Crippen LogP contribution is 2.36. The van der Waals surface area contributed by atoms with Gasteiger partial charge in [0.25, 0.3) is 0 Å². The molecule has 3 aromatic rings. The van der Waals surface area contributed by atoms with E-state index in [0.29, 0.717) is 38.5 Å². The van der Waals surface area contributed by atoms with Crippen molar-refractivity contribution in [2.24, 2.45) is 17.3 Å². The van der Waals surface area contributed by atoms with Crippen molar-refractivity contribution >= 4 is 17.0 Å². The van der Waals surface area contributed by atoms with Crippen LogP contribution in [0.3, 0.4) is 0 Å². The molecule has 2 N–H and O–H groups in total. The molecule has 0 saturated carbocycles. The number of fused-ring (bicyclic) bond motifs is 1. The van der Waals surface area contributed by atoms with Gasteiger partial charge in [-0.2, -0.15) is 28.5 Å². The Kier molecular flexibility index (Phi) is 9.65. The minimum absolute atomic E-state index is 0.258. The number of ether oxygens (including phenoxy) is 1. The van der Waals surface area contributed by atoms with Crippen molar-refractivity contribution in [1.29, 1.82) is 0 Å². The molecule has 0 radical (unpaired) electrons. The Morgan fingerprint density at radius 2 is 2.05 bits per heavy atom. The van der Waals surface area contributed by atoms with Gasteiger partial charge in [-0.1, -0.05) is 0 Å². The first kappa shape index (κ1) is 29.6. The summed E-state index contributed by atoms with van der Waals surface area (Å²) in [7, 11) is 1.89. The summed E-state index contributed by atoms with van der Waals surface area (Å²) in [6.45, 7) is 6.36. The second-order valence-electron chi connectivity index (χ2n) is 8.63. The van der Waals surface area contributed by atoms with Crippen LogP contribution >= 0.6 is 0 Å². The van der Waals surface area contributed by atoms with E-state index in [1.165, 1.54) is 0 Å². The van der Waals surface area contributed by atoms with E-state index < -0.39 is 12.1 Å². The van der Waals surface area contributed by atoms with Gasteiger partial charge >= 0.3 is 12.1 Å². The molecule has 1 atom stereocenters. The van der Waals surface area contributed by atoms with Gasteiger partial charge in [0, 0.05) is 51.0 Å². The Morgan fingerprint density at radius 1 is 1.33 bits per heavy atom. The van der Waals surface area contributed by atoms with Gasteiger partial charge in [0.05, 0.1) is 24.9 Å². The highest BCUT2D eigenvalue weighted by atomic mass is 19.4. The van der Waals surface area contributed by atoms with E-state index in [0.717, 1.165) is 35.1 Å². The van der Waals surface area contributed by atoms with Gasteiger partial charge in [-0.15, -0.1) is 17.4 Å². The highest BCUT2D eigenvalue weighted by molar-refractivity contribution is 5.78. The number of hydrogen-bond donors (Lipinski definition) is 2. The molecule has 0 amide bonds. The lowest BCUT2D eigenvalue weighted by atomic mass is 10.0. The van der Waals surface area contributed by atoms with E-state index in [1.807, 2.05) is 27.1 Å². The predicted octanol–water partition coefficient (Wildman–Crippen LogP) is 2.58. The van der Waals surface area contributed by atoms with Crippen LogP contribution in [0.4, 0.5) is 13.2 Å². The molecule has 39 heavy (non-hydrogen) atoms. The van der Waals surface area contributed by atoms with E-state index in [1.54, 1.807) is 9.36 Å². The zero-order valence-electron chi connectivity index (χ0n) is 21.7. The number of aryl methyl sites for hydroxylation is 2. The molecule has 0 spiro atoms. The highest BCUT2D eigenvalue weighted by Gasteiger charge is 2.39. The summed E-state index contributed by atoms with van der Waals surface area (Å²) in [6, 6.07) is 1.84. The average molecular weight is 551 g/mol. The summed E-state index contributed by atoms with van der Waals surface area (Å²) >= 11 is 0. The van der Waals surface area contributed by atoms with Crippen molar-refractivity contribution in [3.63, 3.8) is 0 Å². The maximum Gasteiger partial charge on any atom is 0.490 e. The lowest BCUT2D eigenvalue weighted by Gasteiger charge is -2.19. The summed E-state index contributed by atoms with van der Waals surface area (Å²) in [4.78, 5) is 13.5. The Hall–Kier alpha value is -3.97. The SMILES string of the molecule is C#CCCC1(CCNC(c2cnc3c(c2)c(C)nn3C)c2nnnn2CCOCC)N=N1.O=C(O)C(F)(F)F. The van der Waals surface area contributed by atoms with Crippen molar-refractivity contribution < 1.29 is 27.8 Å². The van der Waals surface area contributed by atoms with Crippen molar-refractivity contribution in [3.8, 4) is 12.3 Å². The minimum Gasteiger partial charge on any atom is -0.475 e. The summed E-state index contributed by atoms with van der Waals surface area (Å²) < 4.78 is 40.8. The monoisotopic (exact) mass is 550 g/mol. The van der Waals surface area contributed by atoms with Crippen LogP contribution in [0.25, 0.3) is 11.0 Å². The Morgan fingerprint density at radius 3 is 2.67 bits per heavy atom. The second-order valence-corrected chi connectivity index (χ2v) is 8.63. The molecule has 16 heteroatoms. The third-order valence-electron chi connectivity index (χ3n) is 5.86. The van der Waals surface area contributed by atoms with Crippen LogP contribution in [0.2, 0.25) is 0 Å². The molecule has 0 aliphatic carbocycles. The molecule has 4 heterocycles. The number of halogens is 3. The van der Waals surface area contributed by atoms with Crippen LogP contribution in [0.15, 0.2) is 22.5 Å². The quantitative estimate of drug-likeness (QED) is 0.255. The number of terminal acetylenes is 1. The van der Waals surface area contributed by atoms with Crippen LogP contribution in [-0.2, 0) is 23.1 Å². The fourth-order valence-electron chi connectivity index (χ4n) is 3.80. The van der Waals surface area contributed by atoms with Crippen molar-refractivity contribution in [1.82, 2.24) is 40.3 Å². The van der Waals surface area contributed by atoms with Crippen LogP contribution in [0, 0.1) is 19.3 Å². The van der Waals surface area contributed by atoms with Crippen LogP contribution < -0.4 is 5.32 Å². The topological polar surface area (TPSA) is 158 Å². The van der Waals surface area contributed by atoms with E-state index in [-0.39, 0.29) is 11.7 Å². The first-order valence-corrected chi connectivity index (χ1v) is 12.1. The molecular weight excluding hydrogens is 521 g/mol. The number of carboxylic acid groups (broad SMARTS) is 1. The number of hydrogen-bond acceptors (Lipinski definition) is 10. The predicted molar refractivity (Wildman–Crippen MR) is 131 cm³/mol. The van der Waals surface area contributed by atoms with E-state index in [9.17, 15) is 13.2 Å². The minimum atomic E-state index is -5.08. The zero-order chi connectivity index (χ0) is 28.6. The number of nitrogens with zero attached hydrogens (tertiary/aromatic N) is 9. The average Bonchev–Trinajstić information content (AvgIpc) is 3.41. The van der Waals surface area contributed by atoms with Gasteiger partial charge in [0.1, 0.15) is 0 Å². The lowest BCUT2D eigenvalue weighted by molar-refractivity contribution is -0.192. The smallest absolute Gasteiger partial charge is 0.475 e. The Balaban J connectivity index is 0.000000532.